The summed E-state index contributed by atoms with van der Waals surface area (Å²) in [6.45, 7) is 1.25. The molecule has 1 fully saturated rings. The molecular weight excluding hydrogens is 413 g/mol. The zero-order valence-electron chi connectivity index (χ0n) is 15.7. The summed E-state index contributed by atoms with van der Waals surface area (Å²) in [5.74, 6) is -0.992. The minimum Gasteiger partial charge on any atom is -0.323 e. The van der Waals surface area contributed by atoms with Gasteiger partial charge in [-0.15, -0.1) is 0 Å². The first-order valence-corrected chi connectivity index (χ1v) is 10.0. The van der Waals surface area contributed by atoms with Crippen LogP contribution in [0.3, 0.4) is 0 Å². The van der Waals surface area contributed by atoms with E-state index in [1.54, 1.807) is 19.1 Å². The number of nitrogens with zero attached hydrogens (tertiary/aromatic N) is 1. The molecular formula is C21H19Cl2N3O3. The molecule has 150 valence electrons. The normalized spacial score (nSPS) is 20.6. The third-order valence-electron chi connectivity index (χ3n) is 5.46. The highest BCUT2D eigenvalue weighted by Crippen LogP contribution is 2.32. The maximum Gasteiger partial charge on any atom is 0.325 e. The van der Waals surface area contributed by atoms with Gasteiger partial charge < -0.3 is 10.6 Å². The van der Waals surface area contributed by atoms with Gasteiger partial charge in [0.2, 0.25) is 5.91 Å². The van der Waals surface area contributed by atoms with Crippen LogP contribution in [0.25, 0.3) is 0 Å². The second-order valence-electron chi connectivity index (χ2n) is 7.46. The largest absolute Gasteiger partial charge is 0.325 e. The zero-order valence-corrected chi connectivity index (χ0v) is 17.2. The zero-order chi connectivity index (χ0) is 20.8. The van der Waals surface area contributed by atoms with E-state index in [-0.39, 0.29) is 5.02 Å². The van der Waals surface area contributed by atoms with Crippen LogP contribution in [-0.2, 0) is 28.0 Å². The van der Waals surface area contributed by atoms with Gasteiger partial charge in [0.25, 0.3) is 5.91 Å². The molecule has 0 radical (unpaired) electrons. The Balaban J connectivity index is 1.51. The van der Waals surface area contributed by atoms with Crippen LogP contribution in [-0.4, -0.2) is 29.3 Å². The van der Waals surface area contributed by atoms with E-state index in [0.29, 0.717) is 10.7 Å². The maximum atomic E-state index is 13.1. The van der Waals surface area contributed by atoms with Gasteiger partial charge in [-0.1, -0.05) is 41.4 Å². The number of aryl methyl sites for hydroxylation is 2. The van der Waals surface area contributed by atoms with Crippen molar-refractivity contribution in [2.45, 2.75) is 31.7 Å². The van der Waals surface area contributed by atoms with Gasteiger partial charge in [-0.2, -0.15) is 0 Å². The van der Waals surface area contributed by atoms with Crippen molar-refractivity contribution < 1.29 is 14.4 Å². The Morgan fingerprint density at radius 2 is 1.90 bits per heavy atom. The Bertz CT molecular complexity index is 1040. The van der Waals surface area contributed by atoms with Gasteiger partial charge in [-0.3, -0.25) is 14.5 Å². The molecule has 2 aromatic rings. The Morgan fingerprint density at radius 1 is 1.14 bits per heavy atom. The Kier molecular flexibility index (Phi) is 5.00. The molecule has 0 spiro atoms. The van der Waals surface area contributed by atoms with Crippen molar-refractivity contribution in [1.82, 2.24) is 10.2 Å². The summed E-state index contributed by atoms with van der Waals surface area (Å²) < 4.78 is 0. The molecule has 2 N–H and O–H groups in total. The molecule has 1 aliphatic carbocycles. The number of fused-ring (bicyclic) bond motifs is 1. The van der Waals surface area contributed by atoms with E-state index in [1.807, 2.05) is 18.2 Å². The molecule has 0 aromatic heterocycles. The minimum atomic E-state index is -1.20. The van der Waals surface area contributed by atoms with E-state index in [4.69, 9.17) is 23.2 Å². The highest BCUT2D eigenvalue weighted by molar-refractivity contribution is 6.36. The summed E-state index contributed by atoms with van der Waals surface area (Å²) in [6, 6.07) is 9.91. The molecule has 1 unspecified atom stereocenters. The van der Waals surface area contributed by atoms with Crippen LogP contribution >= 0.6 is 23.2 Å². The lowest BCUT2D eigenvalue weighted by Crippen LogP contribution is -2.42. The molecule has 4 amide bonds. The van der Waals surface area contributed by atoms with Gasteiger partial charge in [-0.25, -0.2) is 4.79 Å². The van der Waals surface area contributed by atoms with Crippen LogP contribution < -0.4 is 10.6 Å². The first-order chi connectivity index (χ1) is 13.8. The fourth-order valence-corrected chi connectivity index (χ4v) is 4.30. The number of rotatable bonds is 4. The monoisotopic (exact) mass is 431 g/mol. The maximum absolute atomic E-state index is 13.1. The second-order valence-corrected chi connectivity index (χ2v) is 8.30. The van der Waals surface area contributed by atoms with E-state index >= 15 is 0 Å². The number of anilines is 1. The smallest absolute Gasteiger partial charge is 0.323 e. The lowest BCUT2D eigenvalue weighted by Gasteiger charge is -2.23. The first-order valence-electron chi connectivity index (χ1n) is 9.29. The van der Waals surface area contributed by atoms with Crippen molar-refractivity contribution in [1.29, 1.82) is 0 Å². The van der Waals surface area contributed by atoms with Gasteiger partial charge in [0.05, 0.1) is 10.7 Å². The summed E-state index contributed by atoms with van der Waals surface area (Å²) >= 11 is 11.9. The topological polar surface area (TPSA) is 78.5 Å². The van der Waals surface area contributed by atoms with Crippen molar-refractivity contribution in [2.24, 2.45) is 0 Å². The van der Waals surface area contributed by atoms with E-state index in [1.165, 1.54) is 17.2 Å². The fourth-order valence-electron chi connectivity index (χ4n) is 3.84. The molecule has 6 nitrogen and oxygen atoms in total. The quantitative estimate of drug-likeness (QED) is 0.720. The van der Waals surface area contributed by atoms with E-state index in [2.05, 4.69) is 10.6 Å². The fraction of sp³-hybridized carbons (Fsp3) is 0.286. The van der Waals surface area contributed by atoms with Crippen molar-refractivity contribution >= 4 is 46.7 Å². The van der Waals surface area contributed by atoms with Crippen LogP contribution in [0.1, 0.15) is 30.0 Å². The van der Waals surface area contributed by atoms with Gasteiger partial charge in [-0.05, 0) is 61.1 Å². The van der Waals surface area contributed by atoms with Crippen molar-refractivity contribution in [3.05, 3.63) is 63.1 Å². The number of imide groups is 1. The number of urea groups is 1. The standard InChI is InChI=1S/C21H19Cl2N3O3/c1-21(14-6-5-12-3-2-4-13(12)9-14)19(28)26(20(29)25-21)11-18(27)24-17-8-7-15(22)10-16(17)23/h5-10H,2-4,11H2,1H3,(H,24,27)(H,25,29). The van der Waals surface area contributed by atoms with E-state index in [9.17, 15) is 14.4 Å². The van der Waals surface area contributed by atoms with Gasteiger partial charge in [0, 0.05) is 5.02 Å². The van der Waals surface area contributed by atoms with Crippen molar-refractivity contribution in [3.8, 4) is 0 Å². The minimum absolute atomic E-state index is 0.269. The second kappa shape index (κ2) is 7.35. The SMILES string of the molecule is CC1(c2ccc3c(c2)CCC3)NC(=O)N(CC(=O)Nc2ccc(Cl)cc2Cl)C1=O. The number of hydrogen-bond acceptors (Lipinski definition) is 3. The van der Waals surface area contributed by atoms with Crippen LogP contribution in [0, 0.1) is 0 Å². The summed E-state index contributed by atoms with van der Waals surface area (Å²) in [5, 5.41) is 6.05. The molecule has 1 aliphatic heterocycles. The van der Waals surface area contributed by atoms with Crippen molar-refractivity contribution in [2.75, 3.05) is 11.9 Å². The molecule has 2 aromatic carbocycles. The van der Waals surface area contributed by atoms with Gasteiger partial charge in [0.1, 0.15) is 12.1 Å². The number of benzene rings is 2. The third-order valence-corrected chi connectivity index (χ3v) is 6.01. The number of carbonyl (C=O) groups is 3. The highest BCUT2D eigenvalue weighted by Gasteiger charge is 2.49. The summed E-state index contributed by atoms with van der Waals surface area (Å²) in [7, 11) is 0. The molecule has 0 bridgehead atoms. The summed E-state index contributed by atoms with van der Waals surface area (Å²) in [4.78, 5) is 38.9. The van der Waals surface area contributed by atoms with Crippen LogP contribution in [0.5, 0.6) is 0 Å². The molecule has 1 saturated heterocycles. The average Bonchev–Trinajstić information content (AvgIpc) is 3.22. The summed E-state index contributed by atoms with van der Waals surface area (Å²) in [5.41, 5.74) is 2.37. The molecule has 0 saturated carbocycles. The lowest BCUT2D eigenvalue weighted by atomic mass is 9.89. The Labute approximate surface area is 178 Å². The number of nitrogens with one attached hydrogen (secondary N) is 2. The lowest BCUT2D eigenvalue weighted by molar-refractivity contribution is -0.133. The van der Waals surface area contributed by atoms with Crippen LogP contribution in [0.4, 0.5) is 10.5 Å². The first kappa shape index (κ1) is 19.7. The van der Waals surface area contributed by atoms with Gasteiger partial charge >= 0.3 is 6.03 Å². The van der Waals surface area contributed by atoms with Crippen molar-refractivity contribution in [3.63, 3.8) is 0 Å². The predicted molar refractivity (Wildman–Crippen MR) is 111 cm³/mol. The number of halogens is 2. The summed E-state index contributed by atoms with van der Waals surface area (Å²) in [6.07, 6.45) is 3.09. The Morgan fingerprint density at radius 3 is 2.66 bits per heavy atom. The molecule has 4 rings (SSSR count). The number of carbonyl (C=O) groups excluding carboxylic acids is 3. The molecule has 1 heterocycles. The third kappa shape index (κ3) is 3.58. The van der Waals surface area contributed by atoms with Gasteiger partial charge in [0.15, 0.2) is 0 Å². The predicted octanol–water partition coefficient (Wildman–Crippen LogP) is 3.89. The molecule has 8 heteroatoms. The molecule has 2 aliphatic rings. The van der Waals surface area contributed by atoms with Crippen LogP contribution in [0.2, 0.25) is 10.0 Å². The Hall–Kier alpha value is -2.57. The van der Waals surface area contributed by atoms with E-state index in [0.717, 1.165) is 29.7 Å². The van der Waals surface area contributed by atoms with E-state index < -0.39 is 29.9 Å². The highest BCUT2D eigenvalue weighted by atomic mass is 35.5. The van der Waals surface area contributed by atoms with Crippen LogP contribution in [0.15, 0.2) is 36.4 Å². The molecule has 29 heavy (non-hydrogen) atoms. The average molecular weight is 432 g/mol. The number of amides is 4. The molecule has 1 atom stereocenters. The number of hydrogen-bond donors (Lipinski definition) is 2.